The lowest BCUT2D eigenvalue weighted by molar-refractivity contribution is 0.577. The topological polar surface area (TPSA) is 85.9 Å². The van der Waals surface area contributed by atoms with Gasteiger partial charge in [-0.3, -0.25) is 10.1 Å². The minimum atomic E-state index is 0.644. The van der Waals surface area contributed by atoms with Gasteiger partial charge in [0.05, 0.1) is 23.3 Å². The molecule has 5 rings (SSSR count). The Morgan fingerprint density at radius 2 is 1.85 bits per heavy atom. The molecule has 1 fully saturated rings. The Morgan fingerprint density at radius 1 is 1.06 bits per heavy atom. The molecule has 0 aliphatic carbocycles. The van der Waals surface area contributed by atoms with Gasteiger partial charge in [0, 0.05) is 73.5 Å². The highest BCUT2D eigenvalue weighted by Crippen LogP contribution is 2.31. The van der Waals surface area contributed by atoms with Crippen LogP contribution in [-0.4, -0.2) is 52.3 Å². The quantitative estimate of drug-likeness (QED) is 0.430. The maximum atomic E-state index is 4.59. The molecule has 2 N–H and O–H groups in total. The Bertz CT molecular complexity index is 1330. The maximum Gasteiger partial charge on any atom is 0.181 e. The van der Waals surface area contributed by atoms with Crippen LogP contribution >= 0.6 is 0 Å². The summed E-state index contributed by atoms with van der Waals surface area (Å²) in [4.78, 5) is 18.0. The van der Waals surface area contributed by atoms with Crippen molar-refractivity contribution < 1.29 is 0 Å². The first-order chi connectivity index (χ1) is 16.5. The smallest absolute Gasteiger partial charge is 0.181 e. The molecule has 8 heteroatoms. The molecule has 1 aliphatic rings. The number of aromatic nitrogens is 5. The van der Waals surface area contributed by atoms with Crippen LogP contribution in [0, 0.1) is 6.92 Å². The SMILES string of the molecule is C=C(Nc1nccc(N2CCCCC2)c1C)c1[nH]nc2ncc(-c3cncc(N(C)C)c3)cc12. The second-order valence-electron chi connectivity index (χ2n) is 8.97. The van der Waals surface area contributed by atoms with E-state index in [1.54, 1.807) is 0 Å². The lowest BCUT2D eigenvalue weighted by Crippen LogP contribution is -2.30. The highest BCUT2D eigenvalue weighted by atomic mass is 15.2. The lowest BCUT2D eigenvalue weighted by atomic mass is 10.1. The zero-order chi connectivity index (χ0) is 23.7. The number of pyridine rings is 3. The number of fused-ring (bicyclic) bond motifs is 1. The number of nitrogens with one attached hydrogen (secondary N) is 2. The van der Waals surface area contributed by atoms with Crippen LogP contribution in [0.5, 0.6) is 0 Å². The number of hydrogen-bond acceptors (Lipinski definition) is 7. The summed E-state index contributed by atoms with van der Waals surface area (Å²) in [6.07, 6.45) is 11.2. The molecule has 5 heterocycles. The Balaban J connectivity index is 1.44. The summed E-state index contributed by atoms with van der Waals surface area (Å²) in [7, 11) is 4.00. The molecule has 0 radical (unpaired) electrons. The summed E-state index contributed by atoms with van der Waals surface area (Å²) in [6.45, 7) is 8.58. The molecule has 1 aliphatic heterocycles. The number of aromatic amines is 1. The van der Waals surface area contributed by atoms with Gasteiger partial charge in [-0.15, -0.1) is 0 Å². The highest BCUT2D eigenvalue weighted by molar-refractivity contribution is 5.93. The normalized spacial score (nSPS) is 13.8. The van der Waals surface area contributed by atoms with Crippen LogP contribution < -0.4 is 15.1 Å². The standard InChI is InChI=1S/C26H30N8/c1-17-23(34-10-6-5-7-11-34)8-9-28-25(17)30-18(2)24-22-13-20(15-29-26(22)32-31-24)19-12-21(33(3)4)16-27-14-19/h8-9,12-16H,2,5-7,10-11H2,1,3-4H3,(H,28,30)(H,29,31,32). The number of H-pyrrole nitrogens is 1. The van der Waals surface area contributed by atoms with Crippen LogP contribution in [0.25, 0.3) is 27.9 Å². The molecule has 0 aromatic carbocycles. The van der Waals surface area contributed by atoms with E-state index in [1.165, 1.54) is 24.9 Å². The molecule has 8 nitrogen and oxygen atoms in total. The fourth-order valence-electron chi connectivity index (χ4n) is 4.45. The Kier molecular flexibility index (Phi) is 5.88. The summed E-state index contributed by atoms with van der Waals surface area (Å²) in [5, 5.41) is 11.8. The zero-order valence-corrected chi connectivity index (χ0v) is 20.0. The molecule has 0 atom stereocenters. The molecular weight excluding hydrogens is 424 g/mol. The van der Waals surface area contributed by atoms with Crippen LogP contribution in [0.15, 0.2) is 49.6 Å². The van der Waals surface area contributed by atoms with Gasteiger partial charge in [-0.05, 0) is 44.4 Å². The van der Waals surface area contributed by atoms with Gasteiger partial charge >= 0.3 is 0 Å². The molecule has 0 bridgehead atoms. The molecule has 4 aromatic heterocycles. The van der Waals surface area contributed by atoms with Crippen molar-refractivity contribution >= 4 is 33.9 Å². The van der Waals surface area contributed by atoms with Crippen molar-refractivity contribution in [3.05, 3.63) is 60.8 Å². The van der Waals surface area contributed by atoms with E-state index in [-0.39, 0.29) is 0 Å². The molecule has 4 aromatic rings. The Hall–Kier alpha value is -3.94. The van der Waals surface area contributed by atoms with Crippen molar-refractivity contribution in [2.24, 2.45) is 0 Å². The van der Waals surface area contributed by atoms with E-state index in [0.29, 0.717) is 11.3 Å². The number of nitrogens with zero attached hydrogens (tertiary/aromatic N) is 6. The van der Waals surface area contributed by atoms with Crippen molar-refractivity contribution in [1.29, 1.82) is 0 Å². The predicted molar refractivity (Wildman–Crippen MR) is 139 cm³/mol. The van der Waals surface area contributed by atoms with E-state index in [4.69, 9.17) is 0 Å². The third-order valence-corrected chi connectivity index (χ3v) is 6.43. The summed E-state index contributed by atoms with van der Waals surface area (Å²) in [5.74, 6) is 0.808. The van der Waals surface area contributed by atoms with Crippen LogP contribution in [0.3, 0.4) is 0 Å². The van der Waals surface area contributed by atoms with Crippen molar-refractivity contribution in [1.82, 2.24) is 25.1 Å². The molecule has 1 saturated heterocycles. The van der Waals surface area contributed by atoms with E-state index < -0.39 is 0 Å². The van der Waals surface area contributed by atoms with Crippen LogP contribution in [0.2, 0.25) is 0 Å². The highest BCUT2D eigenvalue weighted by Gasteiger charge is 2.17. The van der Waals surface area contributed by atoms with E-state index in [0.717, 1.165) is 52.4 Å². The fourth-order valence-corrected chi connectivity index (χ4v) is 4.45. The first-order valence-electron chi connectivity index (χ1n) is 11.6. The number of rotatable bonds is 6. The lowest BCUT2D eigenvalue weighted by Gasteiger charge is -2.30. The fraction of sp³-hybridized carbons (Fsp3) is 0.308. The molecule has 174 valence electrons. The largest absolute Gasteiger partial charge is 0.376 e. The summed E-state index contributed by atoms with van der Waals surface area (Å²) >= 11 is 0. The minimum absolute atomic E-state index is 0.644. The van der Waals surface area contributed by atoms with Gasteiger partial charge in [0.25, 0.3) is 0 Å². The van der Waals surface area contributed by atoms with Gasteiger partial charge < -0.3 is 15.1 Å². The third kappa shape index (κ3) is 4.19. The molecular formula is C26H30N8. The second kappa shape index (κ2) is 9.13. The molecule has 0 saturated carbocycles. The number of anilines is 3. The van der Waals surface area contributed by atoms with Crippen LogP contribution in [0.1, 0.15) is 30.5 Å². The van der Waals surface area contributed by atoms with Gasteiger partial charge in [-0.25, -0.2) is 9.97 Å². The number of hydrogen-bond donors (Lipinski definition) is 2. The summed E-state index contributed by atoms with van der Waals surface area (Å²) in [6, 6.07) is 6.28. The van der Waals surface area contributed by atoms with Crippen molar-refractivity contribution in [3.8, 4) is 11.1 Å². The van der Waals surface area contributed by atoms with Gasteiger partial charge in [0.2, 0.25) is 0 Å². The van der Waals surface area contributed by atoms with E-state index in [1.807, 2.05) is 43.8 Å². The van der Waals surface area contributed by atoms with Gasteiger partial charge in [0.15, 0.2) is 5.65 Å². The van der Waals surface area contributed by atoms with Gasteiger partial charge in [-0.1, -0.05) is 6.58 Å². The van der Waals surface area contributed by atoms with Crippen molar-refractivity contribution in [2.45, 2.75) is 26.2 Å². The first-order valence-corrected chi connectivity index (χ1v) is 11.6. The second-order valence-corrected chi connectivity index (χ2v) is 8.97. The van der Waals surface area contributed by atoms with E-state index >= 15 is 0 Å². The minimum Gasteiger partial charge on any atom is -0.376 e. The molecule has 0 spiro atoms. The third-order valence-electron chi connectivity index (χ3n) is 6.43. The summed E-state index contributed by atoms with van der Waals surface area (Å²) in [5.41, 5.74) is 7.50. The van der Waals surface area contributed by atoms with Crippen LogP contribution in [-0.2, 0) is 0 Å². The Labute approximate surface area is 199 Å². The monoisotopic (exact) mass is 454 g/mol. The van der Waals surface area contributed by atoms with Gasteiger partial charge in [0.1, 0.15) is 5.82 Å². The van der Waals surface area contributed by atoms with Gasteiger partial charge in [-0.2, -0.15) is 5.10 Å². The molecule has 0 amide bonds. The van der Waals surface area contributed by atoms with Crippen molar-refractivity contribution in [3.63, 3.8) is 0 Å². The zero-order valence-electron chi connectivity index (χ0n) is 20.0. The van der Waals surface area contributed by atoms with E-state index in [9.17, 15) is 0 Å². The van der Waals surface area contributed by atoms with Crippen molar-refractivity contribution in [2.75, 3.05) is 42.3 Å². The molecule has 34 heavy (non-hydrogen) atoms. The number of piperidine rings is 1. The Morgan fingerprint density at radius 3 is 2.65 bits per heavy atom. The first kappa shape index (κ1) is 21.9. The maximum absolute atomic E-state index is 4.59. The summed E-state index contributed by atoms with van der Waals surface area (Å²) < 4.78 is 0. The predicted octanol–water partition coefficient (Wildman–Crippen LogP) is 4.86. The average Bonchev–Trinajstić information content (AvgIpc) is 3.29. The van der Waals surface area contributed by atoms with E-state index in [2.05, 4.69) is 67.1 Å². The molecule has 0 unspecified atom stereocenters. The van der Waals surface area contributed by atoms with Crippen LogP contribution in [0.4, 0.5) is 17.2 Å². The average molecular weight is 455 g/mol.